The third kappa shape index (κ3) is 3.90. The van der Waals surface area contributed by atoms with Crippen LogP contribution in [-0.2, 0) is 4.74 Å². The zero-order chi connectivity index (χ0) is 17.1. The molecule has 1 fully saturated rings. The molecule has 1 amide bonds. The molecule has 8 nitrogen and oxygen atoms in total. The lowest BCUT2D eigenvalue weighted by atomic mass is 9.98. The maximum Gasteiger partial charge on any atom is 0.407 e. The van der Waals surface area contributed by atoms with Crippen molar-refractivity contribution in [2.45, 2.75) is 50.1 Å². The fraction of sp³-hybridized carbons (Fsp3) is 0.857. The van der Waals surface area contributed by atoms with Crippen molar-refractivity contribution in [3.63, 3.8) is 0 Å². The summed E-state index contributed by atoms with van der Waals surface area (Å²) in [5, 5.41) is 30.5. The van der Waals surface area contributed by atoms with Crippen LogP contribution in [0, 0.1) is 0 Å². The molecule has 0 spiro atoms. The Morgan fingerprint density at radius 3 is 2.61 bits per heavy atom. The molecule has 9 heteroatoms. The Bertz CT molecular complexity index is 464. The second-order valence-corrected chi connectivity index (χ2v) is 6.85. The van der Waals surface area contributed by atoms with Crippen molar-refractivity contribution in [1.82, 2.24) is 9.80 Å². The number of thioether (sulfide) groups is 1. The van der Waals surface area contributed by atoms with Gasteiger partial charge in [-0.15, -0.1) is 0 Å². The van der Waals surface area contributed by atoms with Crippen molar-refractivity contribution >= 4 is 23.0 Å². The smallest absolute Gasteiger partial charge is 0.407 e. The van der Waals surface area contributed by atoms with Gasteiger partial charge < -0.3 is 29.9 Å². The Morgan fingerprint density at radius 1 is 1.35 bits per heavy atom. The van der Waals surface area contributed by atoms with Gasteiger partial charge in [-0.2, -0.15) is 0 Å². The second kappa shape index (κ2) is 7.69. The lowest BCUT2D eigenvalue weighted by Crippen LogP contribution is -2.58. The summed E-state index contributed by atoms with van der Waals surface area (Å²) >= 11 is 1.41. The van der Waals surface area contributed by atoms with Crippen LogP contribution >= 0.6 is 11.8 Å². The van der Waals surface area contributed by atoms with Gasteiger partial charge in [0.1, 0.15) is 29.8 Å². The van der Waals surface area contributed by atoms with Crippen LogP contribution < -0.4 is 0 Å². The summed E-state index contributed by atoms with van der Waals surface area (Å²) < 4.78 is 5.84. The molecule has 2 aliphatic heterocycles. The van der Waals surface area contributed by atoms with Crippen molar-refractivity contribution in [3.8, 4) is 0 Å². The van der Waals surface area contributed by atoms with Crippen LogP contribution in [0.2, 0.25) is 0 Å². The van der Waals surface area contributed by atoms with E-state index < -0.39 is 35.9 Å². The van der Waals surface area contributed by atoms with Gasteiger partial charge in [-0.1, -0.05) is 18.7 Å². The summed E-state index contributed by atoms with van der Waals surface area (Å²) in [6.45, 7) is 4.94. The van der Waals surface area contributed by atoms with E-state index in [0.717, 1.165) is 23.0 Å². The number of carboxylic acid groups (broad SMARTS) is 1. The number of hydrogen-bond acceptors (Lipinski definition) is 7. The van der Waals surface area contributed by atoms with Gasteiger partial charge in [0.15, 0.2) is 5.17 Å². The van der Waals surface area contributed by atoms with Gasteiger partial charge in [-0.25, -0.2) is 4.79 Å². The number of aliphatic imine (C=N–C) groups is 1. The topological polar surface area (TPSA) is 106 Å². The molecule has 0 radical (unpaired) electrons. The summed E-state index contributed by atoms with van der Waals surface area (Å²) in [4.78, 5) is 18.7. The van der Waals surface area contributed by atoms with Crippen molar-refractivity contribution in [2.24, 2.45) is 4.99 Å². The van der Waals surface area contributed by atoms with Crippen LogP contribution in [-0.4, -0.2) is 92.9 Å². The van der Waals surface area contributed by atoms with Crippen molar-refractivity contribution in [2.75, 3.05) is 26.7 Å². The van der Waals surface area contributed by atoms with E-state index in [-0.39, 0.29) is 6.54 Å². The van der Waals surface area contributed by atoms with Crippen molar-refractivity contribution < 1.29 is 24.9 Å². The Morgan fingerprint density at radius 2 is 2.04 bits per heavy atom. The standard InChI is InChI=1S/C14H25N3O5S/c1-4-6-16(3)13-15-9-11(19)10(18)8(22-12(9)23-13)7-17(5-2)14(20)21/h8-12,18-19H,4-7H2,1-3H3,(H,20,21)/t8-,9-,10-,11-,12-/m1/s1. The average molecular weight is 347 g/mol. The molecule has 0 aliphatic carbocycles. The number of ether oxygens (including phenoxy) is 1. The minimum absolute atomic E-state index is 0.0218. The number of hydrogen-bond donors (Lipinski definition) is 3. The largest absolute Gasteiger partial charge is 0.465 e. The predicted octanol–water partition coefficient (Wildman–Crippen LogP) is 0.246. The third-order valence-electron chi connectivity index (χ3n) is 4.09. The molecule has 0 aromatic heterocycles. The van der Waals surface area contributed by atoms with E-state index in [4.69, 9.17) is 9.84 Å². The normalized spacial score (nSPS) is 33.1. The molecule has 0 saturated carbocycles. The van der Waals surface area contributed by atoms with E-state index in [0.29, 0.717) is 6.54 Å². The molecule has 0 aromatic rings. The van der Waals surface area contributed by atoms with E-state index in [1.54, 1.807) is 6.92 Å². The lowest BCUT2D eigenvalue weighted by Gasteiger charge is -2.39. The fourth-order valence-electron chi connectivity index (χ4n) is 2.74. The predicted molar refractivity (Wildman–Crippen MR) is 87.7 cm³/mol. The zero-order valence-electron chi connectivity index (χ0n) is 13.6. The minimum atomic E-state index is -1.16. The molecule has 132 valence electrons. The number of aliphatic hydroxyl groups excluding tert-OH is 2. The molecule has 1 saturated heterocycles. The first kappa shape index (κ1) is 18.3. The van der Waals surface area contributed by atoms with Gasteiger partial charge in [0.25, 0.3) is 0 Å². The molecule has 23 heavy (non-hydrogen) atoms. The van der Waals surface area contributed by atoms with Crippen LogP contribution in [0.4, 0.5) is 4.79 Å². The molecule has 2 heterocycles. The van der Waals surface area contributed by atoms with Gasteiger partial charge in [0.2, 0.25) is 0 Å². The van der Waals surface area contributed by atoms with E-state index in [1.165, 1.54) is 11.8 Å². The Kier molecular flexibility index (Phi) is 6.12. The minimum Gasteiger partial charge on any atom is -0.465 e. The Balaban J connectivity index is 2.05. The molecule has 2 aliphatic rings. The third-order valence-corrected chi connectivity index (χ3v) is 5.34. The summed E-state index contributed by atoms with van der Waals surface area (Å²) in [6, 6.07) is -0.527. The SMILES string of the molecule is CCCN(C)C1=N[C@@H]2[C@@H](O)[C@H](O)[C@@H](CN(CC)C(=O)O)O[C@@H]2S1. The first-order valence-corrected chi connectivity index (χ1v) is 8.72. The van der Waals surface area contributed by atoms with E-state index in [9.17, 15) is 15.0 Å². The fourth-order valence-corrected chi connectivity index (χ4v) is 3.96. The monoisotopic (exact) mass is 347 g/mol. The summed E-state index contributed by atoms with van der Waals surface area (Å²) in [6.07, 6.45) is -3.08. The van der Waals surface area contributed by atoms with Crippen LogP contribution in [0.1, 0.15) is 20.3 Å². The molecule has 0 unspecified atom stereocenters. The Labute approximate surface area is 140 Å². The number of carbonyl (C=O) groups is 1. The summed E-state index contributed by atoms with van der Waals surface area (Å²) in [5.74, 6) is 0. The number of amidine groups is 1. The molecule has 0 bridgehead atoms. The number of fused-ring (bicyclic) bond motifs is 1. The van der Waals surface area contributed by atoms with Crippen LogP contribution in [0.25, 0.3) is 0 Å². The van der Waals surface area contributed by atoms with E-state index in [1.807, 2.05) is 11.9 Å². The highest BCUT2D eigenvalue weighted by molar-refractivity contribution is 8.14. The summed E-state index contributed by atoms with van der Waals surface area (Å²) in [5.41, 5.74) is -0.403. The highest BCUT2D eigenvalue weighted by Crippen LogP contribution is 2.37. The van der Waals surface area contributed by atoms with E-state index in [2.05, 4.69) is 11.9 Å². The maximum atomic E-state index is 11.1. The van der Waals surface area contributed by atoms with Crippen molar-refractivity contribution in [3.05, 3.63) is 0 Å². The molecular weight excluding hydrogens is 322 g/mol. The summed E-state index contributed by atoms with van der Waals surface area (Å²) in [7, 11) is 1.93. The molecular formula is C14H25N3O5S. The number of likely N-dealkylation sites (N-methyl/N-ethyl adjacent to an activating group) is 1. The number of aliphatic hydroxyl groups is 2. The van der Waals surface area contributed by atoms with Gasteiger partial charge in [-0.05, 0) is 13.3 Å². The number of amides is 1. The van der Waals surface area contributed by atoms with Crippen LogP contribution in [0.5, 0.6) is 0 Å². The Hall–Kier alpha value is -1.03. The van der Waals surface area contributed by atoms with Crippen molar-refractivity contribution in [1.29, 1.82) is 0 Å². The second-order valence-electron chi connectivity index (χ2n) is 5.79. The highest BCUT2D eigenvalue weighted by atomic mass is 32.2. The van der Waals surface area contributed by atoms with Gasteiger partial charge in [-0.3, -0.25) is 4.99 Å². The molecule has 3 N–H and O–H groups in total. The maximum absolute atomic E-state index is 11.1. The zero-order valence-corrected chi connectivity index (χ0v) is 14.4. The lowest BCUT2D eigenvalue weighted by molar-refractivity contribution is -0.156. The quantitative estimate of drug-likeness (QED) is 0.654. The molecule has 2 rings (SSSR count). The molecule has 5 atom stereocenters. The number of nitrogens with zero attached hydrogens (tertiary/aromatic N) is 3. The van der Waals surface area contributed by atoms with Gasteiger partial charge >= 0.3 is 6.09 Å². The highest BCUT2D eigenvalue weighted by Gasteiger charge is 2.49. The van der Waals surface area contributed by atoms with Crippen LogP contribution in [0.3, 0.4) is 0 Å². The van der Waals surface area contributed by atoms with Crippen LogP contribution in [0.15, 0.2) is 4.99 Å². The first-order chi connectivity index (χ1) is 10.9. The van der Waals surface area contributed by atoms with E-state index >= 15 is 0 Å². The van der Waals surface area contributed by atoms with Gasteiger partial charge in [0, 0.05) is 20.1 Å². The van der Waals surface area contributed by atoms with Gasteiger partial charge in [0.05, 0.1) is 6.54 Å². The first-order valence-electron chi connectivity index (χ1n) is 7.84. The average Bonchev–Trinajstić information content (AvgIpc) is 2.93. The molecule has 0 aromatic carbocycles. The number of rotatable bonds is 5.